The number of hydrogen-bond acceptors (Lipinski definition) is 3. The number of carbonyl (C=O) groups is 2. The number of carbonyl (C=O) groups excluding carboxylic acids is 2. The minimum absolute atomic E-state index is 0.0788. The fourth-order valence-electron chi connectivity index (χ4n) is 3.13. The summed E-state index contributed by atoms with van der Waals surface area (Å²) in [7, 11) is 1.75. The Kier molecular flexibility index (Phi) is 5.01. The van der Waals surface area contributed by atoms with Gasteiger partial charge in [0.05, 0.1) is 0 Å². The van der Waals surface area contributed by atoms with E-state index >= 15 is 0 Å². The quantitative estimate of drug-likeness (QED) is 0.674. The maximum absolute atomic E-state index is 13.0. The Morgan fingerprint density at radius 2 is 1.75 bits per heavy atom. The number of amides is 2. The fourth-order valence-corrected chi connectivity index (χ4v) is 3.86. The summed E-state index contributed by atoms with van der Waals surface area (Å²) in [5.41, 5.74) is 4.00. The first-order chi connectivity index (χ1) is 13.5. The summed E-state index contributed by atoms with van der Waals surface area (Å²) in [6.07, 6.45) is 2.09. The summed E-state index contributed by atoms with van der Waals surface area (Å²) in [5, 5.41) is 5.03. The normalized spacial score (nSPS) is 13.2. The molecule has 4 nitrogen and oxygen atoms in total. The third kappa shape index (κ3) is 3.85. The maximum atomic E-state index is 13.0. The second-order valence-electron chi connectivity index (χ2n) is 7.17. The Balaban J connectivity index is 1.55. The molecule has 0 aliphatic heterocycles. The van der Waals surface area contributed by atoms with Crippen LogP contribution in [-0.2, 0) is 0 Å². The number of benzene rings is 2. The first kappa shape index (κ1) is 18.4. The van der Waals surface area contributed by atoms with Crippen molar-refractivity contribution in [2.24, 2.45) is 0 Å². The molecule has 1 saturated carbocycles. The molecule has 1 aromatic heterocycles. The third-order valence-corrected chi connectivity index (χ3v) is 5.91. The summed E-state index contributed by atoms with van der Waals surface area (Å²) in [6, 6.07) is 17.5. The zero-order valence-electron chi connectivity index (χ0n) is 15.9. The molecule has 1 aliphatic carbocycles. The van der Waals surface area contributed by atoms with Crippen molar-refractivity contribution in [1.29, 1.82) is 0 Å². The highest BCUT2D eigenvalue weighted by Crippen LogP contribution is 2.27. The minimum Gasteiger partial charge on any atom is -0.349 e. The topological polar surface area (TPSA) is 49.4 Å². The van der Waals surface area contributed by atoms with Crippen LogP contribution >= 0.6 is 11.3 Å². The monoisotopic (exact) mass is 390 g/mol. The number of anilines is 1. The van der Waals surface area contributed by atoms with Gasteiger partial charge in [0.15, 0.2) is 0 Å². The van der Waals surface area contributed by atoms with Gasteiger partial charge in [-0.3, -0.25) is 9.59 Å². The van der Waals surface area contributed by atoms with Crippen LogP contribution in [0.4, 0.5) is 5.69 Å². The predicted octanol–water partition coefficient (Wildman–Crippen LogP) is 4.89. The number of thiophene rings is 1. The van der Waals surface area contributed by atoms with Gasteiger partial charge in [0.25, 0.3) is 11.8 Å². The van der Waals surface area contributed by atoms with Gasteiger partial charge in [-0.1, -0.05) is 24.3 Å². The van der Waals surface area contributed by atoms with Crippen LogP contribution in [-0.4, -0.2) is 24.9 Å². The van der Waals surface area contributed by atoms with Crippen molar-refractivity contribution >= 4 is 28.8 Å². The average molecular weight is 391 g/mol. The molecular formula is C23H22N2O2S. The van der Waals surface area contributed by atoms with E-state index < -0.39 is 0 Å². The molecule has 142 valence electrons. The smallest absolute Gasteiger partial charge is 0.258 e. The summed E-state index contributed by atoms with van der Waals surface area (Å²) in [6.45, 7) is 1.95. The molecule has 0 unspecified atom stereocenters. The Labute approximate surface area is 168 Å². The molecule has 0 atom stereocenters. The first-order valence-electron chi connectivity index (χ1n) is 9.36. The number of rotatable bonds is 5. The molecule has 0 spiro atoms. The van der Waals surface area contributed by atoms with Gasteiger partial charge in [-0.05, 0) is 66.6 Å². The summed E-state index contributed by atoms with van der Waals surface area (Å²) in [4.78, 5) is 28.1. The second kappa shape index (κ2) is 7.60. The SMILES string of the molecule is Cc1ccc(C(=O)NC2CC2)cc1N(C)C(=O)c1ccc(-c2cccs2)cc1. The Bertz CT molecular complexity index is 1010. The standard InChI is InChI=1S/C23H22N2O2S/c1-15-5-6-18(22(26)24-19-11-12-19)14-20(15)25(2)23(27)17-9-7-16(8-10-17)21-4-3-13-28-21/h3-10,13-14,19H,11-12H2,1-2H3,(H,24,26). The molecule has 3 aromatic rings. The minimum atomic E-state index is -0.0967. The van der Waals surface area contributed by atoms with Crippen LogP contribution in [0.25, 0.3) is 10.4 Å². The van der Waals surface area contributed by atoms with Gasteiger partial charge in [-0.15, -0.1) is 11.3 Å². The fraction of sp³-hybridized carbons (Fsp3) is 0.217. The predicted molar refractivity (Wildman–Crippen MR) is 114 cm³/mol. The molecule has 0 bridgehead atoms. The molecule has 0 radical (unpaired) electrons. The number of aryl methyl sites for hydroxylation is 1. The van der Waals surface area contributed by atoms with Crippen LogP contribution in [0.3, 0.4) is 0 Å². The highest BCUT2D eigenvalue weighted by Gasteiger charge is 2.24. The summed E-state index contributed by atoms with van der Waals surface area (Å²) in [5.74, 6) is -0.175. The van der Waals surface area contributed by atoms with Crippen LogP contribution < -0.4 is 10.2 Å². The van der Waals surface area contributed by atoms with E-state index in [-0.39, 0.29) is 11.8 Å². The molecule has 1 heterocycles. The van der Waals surface area contributed by atoms with Crippen LogP contribution in [0.1, 0.15) is 39.1 Å². The molecule has 28 heavy (non-hydrogen) atoms. The van der Waals surface area contributed by atoms with E-state index in [0.717, 1.165) is 29.7 Å². The van der Waals surface area contributed by atoms with Gasteiger partial charge < -0.3 is 10.2 Å². The average Bonchev–Trinajstić information content (AvgIpc) is 3.35. The zero-order valence-corrected chi connectivity index (χ0v) is 16.8. The van der Waals surface area contributed by atoms with Crippen molar-refractivity contribution < 1.29 is 9.59 Å². The highest BCUT2D eigenvalue weighted by molar-refractivity contribution is 7.13. The van der Waals surface area contributed by atoms with E-state index in [2.05, 4.69) is 11.4 Å². The van der Waals surface area contributed by atoms with Gasteiger partial charge >= 0.3 is 0 Å². The van der Waals surface area contributed by atoms with Crippen LogP contribution in [0.15, 0.2) is 60.0 Å². The second-order valence-corrected chi connectivity index (χ2v) is 8.12. The number of hydrogen-bond donors (Lipinski definition) is 1. The van der Waals surface area contributed by atoms with Crippen molar-refractivity contribution in [3.05, 3.63) is 76.7 Å². The first-order valence-corrected chi connectivity index (χ1v) is 10.2. The molecule has 0 saturated heterocycles. The maximum Gasteiger partial charge on any atom is 0.258 e. The lowest BCUT2D eigenvalue weighted by Gasteiger charge is -2.21. The summed E-state index contributed by atoms with van der Waals surface area (Å²) >= 11 is 1.67. The van der Waals surface area contributed by atoms with Crippen LogP contribution in [0, 0.1) is 6.92 Å². The van der Waals surface area contributed by atoms with Crippen molar-refractivity contribution in [3.8, 4) is 10.4 Å². The van der Waals surface area contributed by atoms with Gasteiger partial charge in [-0.2, -0.15) is 0 Å². The van der Waals surface area contributed by atoms with Crippen molar-refractivity contribution in [2.45, 2.75) is 25.8 Å². The lowest BCUT2D eigenvalue weighted by molar-refractivity contribution is 0.0948. The van der Waals surface area contributed by atoms with E-state index in [4.69, 9.17) is 0 Å². The van der Waals surface area contributed by atoms with Gasteiger partial charge in [-0.25, -0.2) is 0 Å². The third-order valence-electron chi connectivity index (χ3n) is 4.99. The zero-order chi connectivity index (χ0) is 19.7. The van der Waals surface area contributed by atoms with Crippen LogP contribution in [0.5, 0.6) is 0 Å². The lowest BCUT2D eigenvalue weighted by atomic mass is 10.1. The molecular weight excluding hydrogens is 368 g/mol. The highest BCUT2D eigenvalue weighted by atomic mass is 32.1. The molecule has 5 heteroatoms. The Morgan fingerprint density at radius 1 is 1.04 bits per heavy atom. The van der Waals surface area contributed by atoms with E-state index in [9.17, 15) is 9.59 Å². The molecule has 1 N–H and O–H groups in total. The molecule has 2 aromatic carbocycles. The Hall–Kier alpha value is -2.92. The van der Waals surface area contributed by atoms with Crippen molar-refractivity contribution in [1.82, 2.24) is 5.32 Å². The largest absolute Gasteiger partial charge is 0.349 e. The van der Waals surface area contributed by atoms with Crippen molar-refractivity contribution in [3.63, 3.8) is 0 Å². The van der Waals surface area contributed by atoms with Gasteiger partial charge in [0.1, 0.15) is 0 Å². The number of nitrogens with one attached hydrogen (secondary N) is 1. The molecule has 1 aliphatic rings. The van der Waals surface area contributed by atoms with Gasteiger partial charge in [0, 0.05) is 34.8 Å². The van der Waals surface area contributed by atoms with E-state index in [1.807, 2.05) is 54.8 Å². The van der Waals surface area contributed by atoms with E-state index in [1.54, 1.807) is 29.4 Å². The number of nitrogens with zero attached hydrogens (tertiary/aromatic N) is 1. The van der Waals surface area contributed by atoms with E-state index in [0.29, 0.717) is 17.2 Å². The van der Waals surface area contributed by atoms with Crippen molar-refractivity contribution in [2.75, 3.05) is 11.9 Å². The molecule has 1 fully saturated rings. The van der Waals surface area contributed by atoms with Gasteiger partial charge in [0.2, 0.25) is 0 Å². The lowest BCUT2D eigenvalue weighted by Crippen LogP contribution is -2.28. The molecule has 2 amide bonds. The van der Waals surface area contributed by atoms with E-state index in [1.165, 1.54) is 4.88 Å². The molecule has 4 rings (SSSR count). The summed E-state index contributed by atoms with van der Waals surface area (Å²) < 4.78 is 0. The van der Waals surface area contributed by atoms with Crippen LogP contribution in [0.2, 0.25) is 0 Å². The Morgan fingerprint density at radius 3 is 2.39 bits per heavy atom.